The second-order valence-corrected chi connectivity index (χ2v) is 7.37. The predicted molar refractivity (Wildman–Crippen MR) is 109 cm³/mol. The van der Waals surface area contributed by atoms with Crippen LogP contribution in [0.1, 0.15) is 30.2 Å². The standard InChI is InChI=1S/C21H22N4O4/c1-14-12-16(25(27)28)6-7-17(14)22-20(26)13-24-10-8-15(9-11-24)21-23-18-4-2-3-5-19(18)29-21/h2-7,12,15H,8-11,13H2,1H3,(H,22,26). The number of nitrogens with one attached hydrogen (secondary N) is 1. The van der Waals surface area contributed by atoms with E-state index in [1.54, 1.807) is 13.0 Å². The predicted octanol–water partition coefficient (Wildman–Crippen LogP) is 3.86. The van der Waals surface area contributed by atoms with Gasteiger partial charge < -0.3 is 9.73 Å². The number of amides is 1. The molecule has 29 heavy (non-hydrogen) atoms. The number of oxazole rings is 1. The maximum atomic E-state index is 12.4. The fourth-order valence-electron chi connectivity index (χ4n) is 3.70. The number of nitro groups is 1. The van der Waals surface area contributed by atoms with Crippen molar-refractivity contribution in [2.45, 2.75) is 25.7 Å². The van der Waals surface area contributed by atoms with Gasteiger partial charge in [0.25, 0.3) is 5.69 Å². The Balaban J connectivity index is 1.31. The summed E-state index contributed by atoms with van der Waals surface area (Å²) in [6.07, 6.45) is 1.77. The third-order valence-electron chi connectivity index (χ3n) is 5.31. The van der Waals surface area contributed by atoms with E-state index in [4.69, 9.17) is 4.42 Å². The molecule has 0 aliphatic carbocycles. The third-order valence-corrected chi connectivity index (χ3v) is 5.31. The second kappa shape index (κ2) is 8.00. The fraction of sp³-hybridized carbons (Fsp3) is 0.333. The minimum Gasteiger partial charge on any atom is -0.440 e. The Hall–Kier alpha value is -3.26. The smallest absolute Gasteiger partial charge is 0.269 e. The zero-order chi connectivity index (χ0) is 20.4. The van der Waals surface area contributed by atoms with Gasteiger partial charge in [-0.05, 0) is 56.6 Å². The summed E-state index contributed by atoms with van der Waals surface area (Å²) >= 11 is 0. The highest BCUT2D eigenvalue weighted by atomic mass is 16.6. The maximum Gasteiger partial charge on any atom is 0.269 e. The number of rotatable bonds is 5. The molecule has 4 rings (SSSR count). The molecule has 1 amide bonds. The number of aromatic nitrogens is 1. The summed E-state index contributed by atoms with van der Waals surface area (Å²) in [6.45, 7) is 3.61. The summed E-state index contributed by atoms with van der Waals surface area (Å²) in [4.78, 5) is 29.5. The summed E-state index contributed by atoms with van der Waals surface area (Å²) in [7, 11) is 0. The summed E-state index contributed by atoms with van der Waals surface area (Å²) < 4.78 is 5.89. The van der Waals surface area contributed by atoms with Crippen molar-refractivity contribution in [3.63, 3.8) is 0 Å². The van der Waals surface area contributed by atoms with Gasteiger partial charge >= 0.3 is 0 Å². The number of anilines is 1. The number of benzene rings is 2. The molecule has 0 atom stereocenters. The molecule has 8 nitrogen and oxygen atoms in total. The van der Waals surface area contributed by atoms with E-state index >= 15 is 0 Å². The van der Waals surface area contributed by atoms with Crippen LogP contribution >= 0.6 is 0 Å². The number of carbonyl (C=O) groups excluding carboxylic acids is 1. The van der Waals surface area contributed by atoms with Crippen molar-refractivity contribution in [1.82, 2.24) is 9.88 Å². The molecule has 1 aliphatic heterocycles. The number of likely N-dealkylation sites (tertiary alicyclic amines) is 1. The molecule has 0 saturated carbocycles. The van der Waals surface area contributed by atoms with Gasteiger partial charge in [0.2, 0.25) is 5.91 Å². The van der Waals surface area contributed by atoms with E-state index in [-0.39, 0.29) is 24.1 Å². The minimum atomic E-state index is -0.445. The van der Waals surface area contributed by atoms with Gasteiger partial charge in [0.05, 0.1) is 11.5 Å². The van der Waals surface area contributed by atoms with E-state index in [2.05, 4.69) is 15.2 Å². The SMILES string of the molecule is Cc1cc([N+](=O)[O-])ccc1NC(=O)CN1CCC(c2nc3ccccc3o2)CC1. The van der Waals surface area contributed by atoms with Crippen molar-refractivity contribution in [2.24, 2.45) is 0 Å². The highest BCUT2D eigenvalue weighted by Gasteiger charge is 2.25. The first-order valence-corrected chi connectivity index (χ1v) is 9.62. The maximum absolute atomic E-state index is 12.4. The number of fused-ring (bicyclic) bond motifs is 1. The van der Waals surface area contributed by atoms with Gasteiger partial charge in [-0.15, -0.1) is 0 Å². The molecule has 0 radical (unpaired) electrons. The van der Waals surface area contributed by atoms with Crippen LogP contribution in [0.3, 0.4) is 0 Å². The molecule has 2 heterocycles. The van der Waals surface area contributed by atoms with E-state index in [1.165, 1.54) is 12.1 Å². The van der Waals surface area contributed by atoms with Crippen LogP contribution < -0.4 is 5.32 Å². The monoisotopic (exact) mass is 394 g/mol. The number of carbonyl (C=O) groups is 1. The second-order valence-electron chi connectivity index (χ2n) is 7.37. The first kappa shape index (κ1) is 19.1. The van der Waals surface area contributed by atoms with Gasteiger partial charge in [0, 0.05) is 23.7 Å². The molecule has 1 aromatic heterocycles. The molecule has 0 spiro atoms. The molecule has 150 valence electrons. The highest BCUT2D eigenvalue weighted by Crippen LogP contribution is 2.30. The van der Waals surface area contributed by atoms with Crippen LogP contribution in [0.25, 0.3) is 11.1 Å². The Morgan fingerprint density at radius 1 is 1.28 bits per heavy atom. The van der Waals surface area contributed by atoms with Gasteiger partial charge in [-0.2, -0.15) is 0 Å². The van der Waals surface area contributed by atoms with Gasteiger partial charge in [0.15, 0.2) is 11.5 Å². The van der Waals surface area contributed by atoms with Crippen molar-refractivity contribution in [1.29, 1.82) is 0 Å². The summed E-state index contributed by atoms with van der Waals surface area (Å²) in [5.74, 6) is 0.915. The lowest BCUT2D eigenvalue weighted by Crippen LogP contribution is -2.38. The number of hydrogen-bond donors (Lipinski definition) is 1. The zero-order valence-electron chi connectivity index (χ0n) is 16.1. The molecule has 0 bridgehead atoms. The van der Waals surface area contributed by atoms with Gasteiger partial charge in [-0.25, -0.2) is 4.98 Å². The van der Waals surface area contributed by atoms with Crippen LogP contribution in [0, 0.1) is 17.0 Å². The molecular weight excluding hydrogens is 372 g/mol. The highest BCUT2D eigenvalue weighted by molar-refractivity contribution is 5.93. The summed E-state index contributed by atoms with van der Waals surface area (Å²) in [5.41, 5.74) is 2.97. The minimum absolute atomic E-state index is 0.0155. The van der Waals surface area contributed by atoms with Crippen LogP contribution in [-0.4, -0.2) is 40.3 Å². The van der Waals surface area contributed by atoms with Crippen molar-refractivity contribution >= 4 is 28.4 Å². The third kappa shape index (κ3) is 4.27. The van der Waals surface area contributed by atoms with E-state index in [9.17, 15) is 14.9 Å². The lowest BCUT2D eigenvalue weighted by molar-refractivity contribution is -0.384. The molecule has 1 fully saturated rings. The van der Waals surface area contributed by atoms with E-state index in [0.717, 1.165) is 42.9 Å². The Morgan fingerprint density at radius 3 is 2.72 bits per heavy atom. The zero-order valence-corrected chi connectivity index (χ0v) is 16.1. The van der Waals surface area contributed by atoms with Crippen LogP contribution in [0.2, 0.25) is 0 Å². The topological polar surface area (TPSA) is 102 Å². The average Bonchev–Trinajstić information content (AvgIpc) is 3.14. The number of nitrogens with zero attached hydrogens (tertiary/aromatic N) is 3. The average molecular weight is 394 g/mol. The Bertz CT molecular complexity index is 1020. The largest absolute Gasteiger partial charge is 0.440 e. The van der Waals surface area contributed by atoms with Crippen molar-refractivity contribution < 1.29 is 14.1 Å². The normalized spacial score (nSPS) is 15.5. The molecule has 1 aliphatic rings. The van der Waals surface area contributed by atoms with Gasteiger partial charge in [-0.3, -0.25) is 19.8 Å². The molecule has 0 unspecified atom stereocenters. The number of non-ortho nitro benzene ring substituents is 1. The quantitative estimate of drug-likeness (QED) is 0.521. The molecule has 2 aromatic carbocycles. The molecule has 3 aromatic rings. The number of nitro benzene ring substituents is 1. The molecule has 8 heteroatoms. The molecular formula is C21H22N4O4. The summed E-state index contributed by atoms with van der Waals surface area (Å²) in [6, 6.07) is 12.2. The lowest BCUT2D eigenvalue weighted by Gasteiger charge is -2.29. The molecule has 1 N–H and O–H groups in total. The first-order chi connectivity index (χ1) is 14.0. The Morgan fingerprint density at radius 2 is 2.03 bits per heavy atom. The lowest BCUT2D eigenvalue weighted by atomic mass is 9.97. The van der Waals surface area contributed by atoms with Crippen molar-refractivity contribution in [3.05, 3.63) is 64.0 Å². The van der Waals surface area contributed by atoms with Gasteiger partial charge in [-0.1, -0.05) is 12.1 Å². The number of hydrogen-bond acceptors (Lipinski definition) is 6. The van der Waals surface area contributed by atoms with E-state index in [1.807, 2.05) is 24.3 Å². The number of piperidine rings is 1. The van der Waals surface area contributed by atoms with Crippen LogP contribution in [0.15, 0.2) is 46.9 Å². The Labute approximate surface area is 167 Å². The van der Waals surface area contributed by atoms with Crippen LogP contribution in [-0.2, 0) is 4.79 Å². The number of para-hydroxylation sites is 2. The number of aryl methyl sites for hydroxylation is 1. The van der Waals surface area contributed by atoms with E-state index in [0.29, 0.717) is 11.3 Å². The van der Waals surface area contributed by atoms with Crippen molar-refractivity contribution in [2.75, 3.05) is 25.0 Å². The Kier molecular flexibility index (Phi) is 5.26. The van der Waals surface area contributed by atoms with Crippen molar-refractivity contribution in [3.8, 4) is 0 Å². The fourth-order valence-corrected chi connectivity index (χ4v) is 3.70. The van der Waals surface area contributed by atoms with Gasteiger partial charge in [0.1, 0.15) is 5.52 Å². The molecule has 1 saturated heterocycles. The summed E-state index contributed by atoms with van der Waals surface area (Å²) in [5, 5.41) is 13.7. The first-order valence-electron chi connectivity index (χ1n) is 9.62. The van der Waals surface area contributed by atoms with Crippen LogP contribution in [0.4, 0.5) is 11.4 Å². The van der Waals surface area contributed by atoms with E-state index < -0.39 is 4.92 Å². The van der Waals surface area contributed by atoms with Crippen LogP contribution in [0.5, 0.6) is 0 Å².